The SMILES string of the molecule is S=[C]SCc1ccccc1. The molecule has 1 radical (unpaired) electrons. The van der Waals surface area contributed by atoms with E-state index in [0.29, 0.717) is 0 Å². The lowest BCUT2D eigenvalue weighted by Gasteiger charge is -1.93. The maximum absolute atomic E-state index is 4.56. The van der Waals surface area contributed by atoms with Gasteiger partial charge in [0.05, 0.1) is 4.70 Å². The molecule has 0 spiro atoms. The molecule has 0 fully saturated rings. The van der Waals surface area contributed by atoms with Gasteiger partial charge in [-0.05, 0) is 5.56 Å². The van der Waals surface area contributed by atoms with Gasteiger partial charge in [-0.2, -0.15) is 0 Å². The maximum atomic E-state index is 4.56. The van der Waals surface area contributed by atoms with Crippen LogP contribution in [-0.4, -0.2) is 4.70 Å². The molecule has 1 aromatic rings. The molecule has 0 amide bonds. The van der Waals surface area contributed by atoms with E-state index < -0.39 is 0 Å². The number of rotatable bonds is 3. The van der Waals surface area contributed by atoms with Gasteiger partial charge in [-0.25, -0.2) is 0 Å². The van der Waals surface area contributed by atoms with Crippen molar-refractivity contribution < 1.29 is 0 Å². The van der Waals surface area contributed by atoms with Crippen molar-refractivity contribution in [3.05, 3.63) is 35.9 Å². The Labute approximate surface area is 70.6 Å². The molecule has 0 atom stereocenters. The predicted octanol–water partition coefficient (Wildman–Crippen LogP) is 2.75. The average molecular weight is 167 g/mol. The van der Waals surface area contributed by atoms with Crippen molar-refractivity contribution in [2.24, 2.45) is 0 Å². The minimum absolute atomic E-state index is 0.935. The number of thioether (sulfide) groups is 1. The van der Waals surface area contributed by atoms with Gasteiger partial charge in [0.2, 0.25) is 0 Å². The second kappa shape index (κ2) is 4.47. The Hall–Kier alpha value is -0.340. The number of thiocarbonyl (C=S) groups is 1. The third kappa shape index (κ3) is 2.50. The van der Waals surface area contributed by atoms with Crippen LogP contribution in [0.15, 0.2) is 30.3 Å². The number of hydrogen-bond donors (Lipinski definition) is 0. The predicted molar refractivity (Wildman–Crippen MR) is 50.3 cm³/mol. The lowest BCUT2D eigenvalue weighted by atomic mass is 10.2. The van der Waals surface area contributed by atoms with Crippen molar-refractivity contribution >= 4 is 28.7 Å². The summed E-state index contributed by atoms with van der Waals surface area (Å²) >= 11 is 6.09. The standard InChI is InChI=1S/C8H7S2/c9-7-10-6-8-4-2-1-3-5-8/h1-5H,6H2. The van der Waals surface area contributed by atoms with E-state index in [0.717, 1.165) is 5.75 Å². The molecule has 1 rings (SSSR count). The van der Waals surface area contributed by atoms with Crippen LogP contribution in [0.2, 0.25) is 0 Å². The van der Waals surface area contributed by atoms with Crippen LogP contribution in [-0.2, 0) is 5.75 Å². The largest absolute Gasteiger partial charge is 0.108 e. The molecule has 0 unspecified atom stereocenters. The number of benzene rings is 1. The van der Waals surface area contributed by atoms with E-state index in [2.05, 4.69) is 29.1 Å². The molecule has 0 aliphatic rings. The summed E-state index contributed by atoms with van der Waals surface area (Å²) in [7, 11) is 0. The van der Waals surface area contributed by atoms with Gasteiger partial charge in [0.25, 0.3) is 0 Å². The molecule has 0 nitrogen and oxygen atoms in total. The highest BCUT2D eigenvalue weighted by Gasteiger charge is 1.87. The van der Waals surface area contributed by atoms with Crippen LogP contribution in [0, 0.1) is 0 Å². The fourth-order valence-electron chi connectivity index (χ4n) is 0.687. The van der Waals surface area contributed by atoms with Crippen LogP contribution in [0.4, 0.5) is 0 Å². The van der Waals surface area contributed by atoms with Crippen LogP contribution in [0.1, 0.15) is 5.56 Å². The minimum Gasteiger partial charge on any atom is -0.108 e. The second-order valence-corrected chi connectivity index (χ2v) is 3.10. The Balaban J connectivity index is 2.50. The Morgan fingerprint density at radius 3 is 2.60 bits per heavy atom. The highest BCUT2D eigenvalue weighted by Crippen LogP contribution is 2.08. The lowest BCUT2D eigenvalue weighted by molar-refractivity contribution is 1.43. The van der Waals surface area contributed by atoms with Crippen LogP contribution in [0.25, 0.3) is 0 Å². The van der Waals surface area contributed by atoms with Crippen LogP contribution in [0.5, 0.6) is 0 Å². The molecular formula is C8H7S2. The third-order valence-electron chi connectivity index (χ3n) is 1.14. The number of hydrogen-bond acceptors (Lipinski definition) is 2. The van der Waals surface area contributed by atoms with Gasteiger partial charge in [-0.1, -0.05) is 42.5 Å². The van der Waals surface area contributed by atoms with Gasteiger partial charge in [0, 0.05) is 5.75 Å². The lowest BCUT2D eigenvalue weighted by Crippen LogP contribution is -1.76. The molecule has 0 saturated carbocycles. The Bertz CT molecular complexity index is 194. The summed E-state index contributed by atoms with van der Waals surface area (Å²) in [4.78, 5) is 0. The molecule has 0 N–H and O–H groups in total. The second-order valence-electron chi connectivity index (χ2n) is 1.86. The van der Waals surface area contributed by atoms with Gasteiger partial charge < -0.3 is 0 Å². The molecule has 0 aliphatic carbocycles. The minimum atomic E-state index is 0.935. The Morgan fingerprint density at radius 2 is 2.00 bits per heavy atom. The summed E-state index contributed by atoms with van der Waals surface area (Å²) in [6.07, 6.45) is 0. The van der Waals surface area contributed by atoms with Crippen molar-refractivity contribution in [3.63, 3.8) is 0 Å². The molecule has 1 aromatic carbocycles. The quantitative estimate of drug-likeness (QED) is 0.635. The van der Waals surface area contributed by atoms with E-state index >= 15 is 0 Å². The van der Waals surface area contributed by atoms with Gasteiger partial charge in [0.15, 0.2) is 0 Å². The first-order valence-corrected chi connectivity index (χ1v) is 4.36. The average Bonchev–Trinajstić information content (AvgIpc) is 2.03. The van der Waals surface area contributed by atoms with Crippen molar-refractivity contribution in [1.29, 1.82) is 0 Å². The molecule has 0 heterocycles. The zero-order valence-corrected chi connectivity index (χ0v) is 7.04. The van der Waals surface area contributed by atoms with E-state index in [1.165, 1.54) is 17.3 Å². The van der Waals surface area contributed by atoms with Crippen LogP contribution < -0.4 is 0 Å². The maximum Gasteiger partial charge on any atom is 0.0954 e. The van der Waals surface area contributed by atoms with Crippen LogP contribution >= 0.6 is 24.0 Å². The third-order valence-corrected chi connectivity index (χ3v) is 2.09. The van der Waals surface area contributed by atoms with Crippen molar-refractivity contribution in [1.82, 2.24) is 0 Å². The zero-order valence-electron chi connectivity index (χ0n) is 5.41. The highest BCUT2D eigenvalue weighted by atomic mass is 32.2. The summed E-state index contributed by atoms with van der Waals surface area (Å²) in [6.45, 7) is 0. The summed E-state index contributed by atoms with van der Waals surface area (Å²) in [5, 5.41) is 0. The fraction of sp³-hybridized carbons (Fsp3) is 0.125. The van der Waals surface area contributed by atoms with Gasteiger partial charge >= 0.3 is 0 Å². The van der Waals surface area contributed by atoms with Gasteiger partial charge in [-0.3, -0.25) is 0 Å². The van der Waals surface area contributed by atoms with Gasteiger partial charge in [0.1, 0.15) is 0 Å². The zero-order chi connectivity index (χ0) is 7.23. The molecule has 0 aromatic heterocycles. The van der Waals surface area contributed by atoms with Crippen LogP contribution in [0.3, 0.4) is 0 Å². The van der Waals surface area contributed by atoms with E-state index in [-0.39, 0.29) is 0 Å². The molecule has 0 aliphatic heterocycles. The molecule has 2 heteroatoms. The van der Waals surface area contributed by atoms with Gasteiger partial charge in [-0.15, -0.1) is 11.8 Å². The Morgan fingerprint density at radius 1 is 1.30 bits per heavy atom. The van der Waals surface area contributed by atoms with E-state index in [4.69, 9.17) is 0 Å². The molecular weight excluding hydrogens is 160 g/mol. The first kappa shape index (κ1) is 7.76. The summed E-state index contributed by atoms with van der Waals surface area (Å²) in [5.41, 5.74) is 1.30. The van der Waals surface area contributed by atoms with E-state index in [1.807, 2.05) is 18.2 Å². The first-order chi connectivity index (χ1) is 4.93. The van der Waals surface area contributed by atoms with E-state index in [9.17, 15) is 0 Å². The monoisotopic (exact) mass is 167 g/mol. The first-order valence-electron chi connectivity index (χ1n) is 2.96. The van der Waals surface area contributed by atoms with Crippen molar-refractivity contribution in [3.8, 4) is 0 Å². The Kier molecular flexibility index (Phi) is 3.47. The molecule has 0 saturated heterocycles. The summed E-state index contributed by atoms with van der Waals surface area (Å²) < 4.78 is 2.62. The van der Waals surface area contributed by atoms with Crippen molar-refractivity contribution in [2.75, 3.05) is 0 Å². The fourth-order valence-corrected chi connectivity index (χ4v) is 1.28. The molecule has 0 bridgehead atoms. The highest BCUT2D eigenvalue weighted by molar-refractivity contribution is 8.20. The topological polar surface area (TPSA) is 0 Å². The molecule has 10 heavy (non-hydrogen) atoms. The van der Waals surface area contributed by atoms with Crippen molar-refractivity contribution in [2.45, 2.75) is 5.75 Å². The smallest absolute Gasteiger partial charge is 0.0954 e. The van der Waals surface area contributed by atoms with E-state index in [1.54, 1.807) is 0 Å². The molecule has 51 valence electrons. The normalized spacial score (nSPS) is 9.20. The summed E-state index contributed by atoms with van der Waals surface area (Å²) in [6, 6.07) is 10.2. The summed E-state index contributed by atoms with van der Waals surface area (Å²) in [5.74, 6) is 0.935.